The van der Waals surface area contributed by atoms with Gasteiger partial charge in [-0.25, -0.2) is 0 Å². The van der Waals surface area contributed by atoms with Gasteiger partial charge in [0, 0.05) is 11.9 Å². The Hall–Kier alpha value is -2.07. The average molecular weight is 288 g/mol. The number of amides is 1. The first-order chi connectivity index (χ1) is 9.65. The summed E-state index contributed by atoms with van der Waals surface area (Å²) in [5.74, 6) is -0.524. The van der Waals surface area contributed by atoms with E-state index in [9.17, 15) is 4.79 Å². The van der Waals surface area contributed by atoms with Crippen molar-refractivity contribution in [3.63, 3.8) is 0 Å². The molecular weight excluding hydrogens is 274 g/mol. The molecule has 1 aliphatic rings. The summed E-state index contributed by atoms with van der Waals surface area (Å²) in [5.41, 5.74) is 8.80. The van der Waals surface area contributed by atoms with Crippen LogP contribution in [0.3, 0.4) is 0 Å². The summed E-state index contributed by atoms with van der Waals surface area (Å²) < 4.78 is 0. The fourth-order valence-electron chi connectivity index (χ4n) is 2.56. The summed E-state index contributed by atoms with van der Waals surface area (Å²) >= 11 is 5.95. The molecule has 1 heterocycles. The minimum atomic E-state index is -0.524. The number of carbonyl (C=O) groups is 1. The number of hydrogen-bond donors (Lipinski definition) is 2. The molecule has 0 bridgehead atoms. The first-order valence-electron chi connectivity index (χ1n) is 6.45. The van der Waals surface area contributed by atoms with Crippen LogP contribution in [-0.2, 0) is 6.42 Å². The Morgan fingerprint density at radius 1 is 1.40 bits per heavy atom. The maximum absolute atomic E-state index is 11.3. The number of halogens is 1. The van der Waals surface area contributed by atoms with Crippen molar-refractivity contribution in [3.8, 4) is 0 Å². The number of fused-ring (bicyclic) bond motifs is 1. The lowest BCUT2D eigenvalue weighted by atomic mass is 10.1. The number of nitrogens with zero attached hydrogens (tertiary/aromatic N) is 1. The molecule has 0 aliphatic heterocycles. The van der Waals surface area contributed by atoms with Gasteiger partial charge in [0.2, 0.25) is 5.91 Å². The highest BCUT2D eigenvalue weighted by atomic mass is 35.5. The largest absolute Gasteiger partial charge is 0.377 e. The second kappa shape index (κ2) is 5.13. The molecule has 2 aromatic rings. The summed E-state index contributed by atoms with van der Waals surface area (Å²) in [6, 6.07) is 9.42. The molecule has 0 saturated carbocycles. The molecule has 1 amide bonds. The van der Waals surface area contributed by atoms with Gasteiger partial charge in [0.15, 0.2) is 0 Å². The minimum Gasteiger partial charge on any atom is -0.377 e. The summed E-state index contributed by atoms with van der Waals surface area (Å²) in [7, 11) is 0. The van der Waals surface area contributed by atoms with E-state index in [1.807, 2.05) is 12.1 Å². The van der Waals surface area contributed by atoms with E-state index >= 15 is 0 Å². The molecule has 0 spiro atoms. The predicted octanol–water partition coefficient (Wildman–Crippen LogP) is 2.93. The van der Waals surface area contributed by atoms with Crippen LogP contribution in [0.1, 0.15) is 34.1 Å². The van der Waals surface area contributed by atoms with Gasteiger partial charge in [-0.15, -0.1) is 0 Å². The maximum Gasteiger partial charge on any atom is 0.250 e. The number of benzene rings is 1. The zero-order chi connectivity index (χ0) is 14.1. The minimum absolute atomic E-state index is 0.160. The van der Waals surface area contributed by atoms with Crippen LogP contribution in [0.4, 0.5) is 5.69 Å². The molecule has 0 saturated heterocycles. The zero-order valence-electron chi connectivity index (χ0n) is 10.8. The topological polar surface area (TPSA) is 68.0 Å². The van der Waals surface area contributed by atoms with Crippen LogP contribution in [0.15, 0.2) is 36.5 Å². The number of nitrogens with two attached hydrogens (primary N) is 1. The second-order valence-corrected chi connectivity index (χ2v) is 5.25. The first-order valence-corrected chi connectivity index (χ1v) is 6.82. The van der Waals surface area contributed by atoms with Crippen LogP contribution < -0.4 is 11.1 Å². The van der Waals surface area contributed by atoms with Crippen LogP contribution in [0.2, 0.25) is 5.02 Å². The highest BCUT2D eigenvalue weighted by Crippen LogP contribution is 2.32. The van der Waals surface area contributed by atoms with Gasteiger partial charge in [0.1, 0.15) is 0 Å². The lowest BCUT2D eigenvalue weighted by molar-refractivity contribution is 0.100. The number of rotatable bonds is 3. The molecule has 1 aromatic carbocycles. The molecule has 1 atom stereocenters. The van der Waals surface area contributed by atoms with Crippen LogP contribution in [0.5, 0.6) is 0 Å². The van der Waals surface area contributed by atoms with Crippen LogP contribution in [0, 0.1) is 0 Å². The average Bonchev–Trinajstić information content (AvgIpc) is 2.84. The number of aryl methyl sites for hydroxylation is 1. The quantitative estimate of drug-likeness (QED) is 0.912. The Kier molecular flexibility index (Phi) is 3.32. The Morgan fingerprint density at radius 3 is 3.05 bits per heavy atom. The van der Waals surface area contributed by atoms with Crippen molar-refractivity contribution < 1.29 is 4.79 Å². The van der Waals surface area contributed by atoms with Crippen LogP contribution in [0.25, 0.3) is 0 Å². The summed E-state index contributed by atoms with van der Waals surface area (Å²) in [5, 5.41) is 3.76. The molecule has 1 aromatic heterocycles. The van der Waals surface area contributed by atoms with Crippen molar-refractivity contribution in [2.24, 2.45) is 5.73 Å². The fourth-order valence-corrected chi connectivity index (χ4v) is 2.77. The monoisotopic (exact) mass is 287 g/mol. The van der Waals surface area contributed by atoms with Crippen molar-refractivity contribution >= 4 is 23.2 Å². The van der Waals surface area contributed by atoms with Gasteiger partial charge in [-0.2, -0.15) is 0 Å². The number of anilines is 1. The van der Waals surface area contributed by atoms with Gasteiger partial charge in [0.25, 0.3) is 0 Å². The van der Waals surface area contributed by atoms with E-state index in [4.69, 9.17) is 17.3 Å². The third kappa shape index (κ3) is 2.34. The Morgan fingerprint density at radius 2 is 2.25 bits per heavy atom. The Bertz CT molecular complexity index is 672. The highest BCUT2D eigenvalue weighted by Gasteiger charge is 2.23. The smallest absolute Gasteiger partial charge is 0.250 e. The number of hydrogen-bond acceptors (Lipinski definition) is 3. The number of pyridine rings is 1. The molecule has 0 radical (unpaired) electrons. The SMILES string of the molecule is NC(=O)c1cc(NC2CCc3cccnc32)ccc1Cl. The van der Waals surface area contributed by atoms with E-state index in [1.54, 1.807) is 18.3 Å². The highest BCUT2D eigenvalue weighted by molar-refractivity contribution is 6.33. The van der Waals surface area contributed by atoms with E-state index in [1.165, 1.54) is 5.56 Å². The van der Waals surface area contributed by atoms with E-state index in [-0.39, 0.29) is 6.04 Å². The van der Waals surface area contributed by atoms with Gasteiger partial charge in [-0.1, -0.05) is 17.7 Å². The first kappa shape index (κ1) is 12.9. The van der Waals surface area contributed by atoms with Crippen molar-refractivity contribution in [2.45, 2.75) is 18.9 Å². The molecule has 4 nitrogen and oxygen atoms in total. The molecule has 102 valence electrons. The molecular formula is C15H14ClN3O. The molecule has 0 fully saturated rings. The lowest BCUT2D eigenvalue weighted by Crippen LogP contribution is -2.13. The van der Waals surface area contributed by atoms with Crippen LogP contribution in [-0.4, -0.2) is 10.9 Å². The third-order valence-electron chi connectivity index (χ3n) is 3.53. The lowest BCUT2D eigenvalue weighted by Gasteiger charge is -2.15. The molecule has 1 unspecified atom stereocenters. The number of carbonyl (C=O) groups excluding carboxylic acids is 1. The number of aromatic nitrogens is 1. The van der Waals surface area contributed by atoms with E-state index < -0.39 is 5.91 Å². The third-order valence-corrected chi connectivity index (χ3v) is 3.86. The van der Waals surface area contributed by atoms with Gasteiger partial charge in [0.05, 0.1) is 22.3 Å². The summed E-state index contributed by atoms with van der Waals surface area (Å²) in [4.78, 5) is 15.7. The number of nitrogens with one attached hydrogen (secondary N) is 1. The van der Waals surface area contributed by atoms with Gasteiger partial charge >= 0.3 is 0 Å². The molecule has 1 aliphatic carbocycles. The van der Waals surface area contributed by atoms with E-state index in [2.05, 4.69) is 16.4 Å². The summed E-state index contributed by atoms with van der Waals surface area (Å²) in [6.45, 7) is 0. The van der Waals surface area contributed by atoms with Crippen LogP contribution >= 0.6 is 11.6 Å². The van der Waals surface area contributed by atoms with Gasteiger partial charge < -0.3 is 11.1 Å². The van der Waals surface area contributed by atoms with Gasteiger partial charge in [-0.3, -0.25) is 9.78 Å². The van der Waals surface area contributed by atoms with E-state index in [0.29, 0.717) is 10.6 Å². The van der Waals surface area contributed by atoms with E-state index in [0.717, 1.165) is 24.2 Å². The fraction of sp³-hybridized carbons (Fsp3) is 0.200. The molecule has 3 N–H and O–H groups in total. The van der Waals surface area contributed by atoms with Crippen molar-refractivity contribution in [1.82, 2.24) is 4.98 Å². The standard InChI is InChI=1S/C15H14ClN3O/c16-12-5-4-10(8-11(12)15(17)20)19-13-6-3-9-2-1-7-18-14(9)13/h1-2,4-5,7-8,13,19H,3,6H2,(H2,17,20). The Labute approximate surface area is 122 Å². The normalized spacial score (nSPS) is 16.8. The zero-order valence-corrected chi connectivity index (χ0v) is 11.5. The maximum atomic E-state index is 11.3. The van der Waals surface area contributed by atoms with Crippen molar-refractivity contribution in [2.75, 3.05) is 5.32 Å². The molecule has 20 heavy (non-hydrogen) atoms. The Balaban J connectivity index is 1.86. The number of primary amides is 1. The van der Waals surface area contributed by atoms with Crippen molar-refractivity contribution in [1.29, 1.82) is 0 Å². The van der Waals surface area contributed by atoms with Gasteiger partial charge in [-0.05, 0) is 42.7 Å². The molecule has 3 rings (SSSR count). The van der Waals surface area contributed by atoms with Crippen molar-refractivity contribution in [3.05, 3.63) is 58.4 Å². The molecule has 5 heteroatoms. The predicted molar refractivity (Wildman–Crippen MR) is 78.9 cm³/mol. The summed E-state index contributed by atoms with van der Waals surface area (Å²) in [6.07, 6.45) is 3.80. The second-order valence-electron chi connectivity index (χ2n) is 4.84.